The first-order valence-electron chi connectivity index (χ1n) is 8.23. The second-order valence-corrected chi connectivity index (χ2v) is 7.09. The first-order valence-corrected chi connectivity index (χ1v) is 9.28. The quantitative estimate of drug-likeness (QED) is 0.822. The molecule has 0 bridgehead atoms. The number of benzene rings is 2. The molecule has 1 unspecified atom stereocenters. The minimum absolute atomic E-state index is 0.00215. The Balaban J connectivity index is 1.38. The maximum Gasteiger partial charge on any atom is 0.249 e. The molecule has 0 aromatic heterocycles. The molecule has 4 rings (SSSR count). The summed E-state index contributed by atoms with van der Waals surface area (Å²) in [6, 6.07) is 15.8. The number of hydrogen-bond acceptors (Lipinski definition) is 5. The zero-order valence-corrected chi connectivity index (χ0v) is 14.5. The van der Waals surface area contributed by atoms with Crippen LogP contribution in [-0.2, 0) is 16.1 Å². The molecule has 1 atom stereocenters. The Morgan fingerprint density at radius 3 is 2.88 bits per heavy atom. The molecule has 0 N–H and O–H groups in total. The highest BCUT2D eigenvalue weighted by Gasteiger charge is 2.31. The summed E-state index contributed by atoms with van der Waals surface area (Å²) in [5.41, 5.74) is 2.13. The van der Waals surface area contributed by atoms with Gasteiger partial charge in [-0.2, -0.15) is 0 Å². The first kappa shape index (κ1) is 16.3. The van der Waals surface area contributed by atoms with Gasteiger partial charge in [0.2, 0.25) is 12.7 Å². The molecule has 1 fully saturated rings. The first-order chi connectivity index (χ1) is 12.3. The number of thioether (sulfide) groups is 1. The van der Waals surface area contributed by atoms with Crippen LogP contribution in [0.5, 0.6) is 11.5 Å². The minimum atomic E-state index is 0.00215. The van der Waals surface area contributed by atoms with Crippen LogP contribution in [0.25, 0.3) is 0 Å². The molecule has 1 amide bonds. The van der Waals surface area contributed by atoms with Gasteiger partial charge in [-0.25, -0.2) is 0 Å². The molecule has 0 spiro atoms. The lowest BCUT2D eigenvalue weighted by Gasteiger charge is -2.24. The summed E-state index contributed by atoms with van der Waals surface area (Å²) in [4.78, 5) is 14.5. The third-order valence-electron chi connectivity index (χ3n) is 4.23. The van der Waals surface area contributed by atoms with Crippen LogP contribution in [0.1, 0.15) is 16.5 Å². The van der Waals surface area contributed by atoms with Gasteiger partial charge < -0.3 is 19.1 Å². The van der Waals surface area contributed by atoms with Crippen molar-refractivity contribution in [1.82, 2.24) is 4.90 Å². The SMILES string of the molecule is O=C(COCc1ccccc1)N1CCSC1c1ccc2c(c1)OCO2. The zero-order valence-electron chi connectivity index (χ0n) is 13.7. The van der Waals surface area contributed by atoms with E-state index in [1.54, 1.807) is 11.8 Å². The molecule has 2 aromatic rings. The van der Waals surface area contributed by atoms with Crippen molar-refractivity contribution in [2.24, 2.45) is 0 Å². The average Bonchev–Trinajstić information content (AvgIpc) is 3.31. The van der Waals surface area contributed by atoms with E-state index in [9.17, 15) is 4.79 Å². The van der Waals surface area contributed by atoms with Gasteiger partial charge in [0.25, 0.3) is 0 Å². The summed E-state index contributed by atoms with van der Waals surface area (Å²) in [6.07, 6.45) is 0. The predicted octanol–water partition coefficient (Wildman–Crippen LogP) is 3.21. The fourth-order valence-corrected chi connectivity index (χ4v) is 4.25. The zero-order chi connectivity index (χ0) is 17.1. The van der Waals surface area contributed by atoms with Crippen molar-refractivity contribution in [3.63, 3.8) is 0 Å². The molecular formula is C19H19NO4S. The van der Waals surface area contributed by atoms with Crippen molar-refractivity contribution in [3.8, 4) is 11.5 Å². The third kappa shape index (κ3) is 3.60. The molecule has 2 aliphatic rings. The number of amides is 1. The van der Waals surface area contributed by atoms with E-state index in [0.29, 0.717) is 6.61 Å². The largest absolute Gasteiger partial charge is 0.454 e. The molecule has 2 heterocycles. The van der Waals surface area contributed by atoms with Gasteiger partial charge in [-0.05, 0) is 23.3 Å². The van der Waals surface area contributed by atoms with E-state index in [1.165, 1.54) is 0 Å². The van der Waals surface area contributed by atoms with Gasteiger partial charge >= 0.3 is 0 Å². The Morgan fingerprint density at radius 2 is 2.00 bits per heavy atom. The van der Waals surface area contributed by atoms with E-state index >= 15 is 0 Å². The average molecular weight is 357 g/mol. The second kappa shape index (κ2) is 7.37. The molecular weight excluding hydrogens is 338 g/mol. The maximum absolute atomic E-state index is 12.6. The van der Waals surface area contributed by atoms with Crippen molar-refractivity contribution in [2.45, 2.75) is 12.0 Å². The van der Waals surface area contributed by atoms with Crippen LogP contribution in [0.3, 0.4) is 0 Å². The highest BCUT2D eigenvalue weighted by Crippen LogP contribution is 2.42. The van der Waals surface area contributed by atoms with Crippen LogP contribution in [0.4, 0.5) is 0 Å². The number of carbonyl (C=O) groups excluding carboxylic acids is 1. The van der Waals surface area contributed by atoms with Crippen LogP contribution in [-0.4, -0.2) is 36.5 Å². The van der Waals surface area contributed by atoms with Gasteiger partial charge in [-0.15, -0.1) is 11.8 Å². The Bertz CT molecular complexity index is 752. The number of carbonyl (C=O) groups is 1. The highest BCUT2D eigenvalue weighted by molar-refractivity contribution is 7.99. The topological polar surface area (TPSA) is 48.0 Å². The summed E-state index contributed by atoms with van der Waals surface area (Å²) in [5, 5.41) is 0.00215. The molecule has 0 aliphatic carbocycles. The Kier molecular flexibility index (Phi) is 4.81. The van der Waals surface area contributed by atoms with Crippen LogP contribution in [0, 0.1) is 0 Å². The van der Waals surface area contributed by atoms with Gasteiger partial charge in [0, 0.05) is 12.3 Å². The van der Waals surface area contributed by atoms with E-state index in [-0.39, 0.29) is 24.7 Å². The van der Waals surface area contributed by atoms with E-state index in [4.69, 9.17) is 14.2 Å². The van der Waals surface area contributed by atoms with Gasteiger partial charge in [0.05, 0.1) is 6.61 Å². The Morgan fingerprint density at radius 1 is 1.16 bits per heavy atom. The van der Waals surface area contributed by atoms with Crippen molar-refractivity contribution in [1.29, 1.82) is 0 Å². The van der Waals surface area contributed by atoms with E-state index in [1.807, 2.05) is 53.4 Å². The predicted molar refractivity (Wildman–Crippen MR) is 95.6 cm³/mol. The monoisotopic (exact) mass is 357 g/mol. The molecule has 2 aromatic carbocycles. The molecule has 0 saturated carbocycles. The van der Waals surface area contributed by atoms with Crippen LogP contribution in [0.15, 0.2) is 48.5 Å². The molecule has 6 heteroatoms. The second-order valence-electron chi connectivity index (χ2n) is 5.90. The third-order valence-corrected chi connectivity index (χ3v) is 5.49. The summed E-state index contributed by atoms with van der Waals surface area (Å²) in [5.74, 6) is 2.45. The molecule has 25 heavy (non-hydrogen) atoms. The van der Waals surface area contributed by atoms with Crippen molar-refractivity contribution in [3.05, 3.63) is 59.7 Å². The van der Waals surface area contributed by atoms with Crippen molar-refractivity contribution >= 4 is 17.7 Å². The van der Waals surface area contributed by atoms with Gasteiger partial charge in [-0.1, -0.05) is 36.4 Å². The van der Waals surface area contributed by atoms with E-state index in [2.05, 4.69) is 0 Å². The van der Waals surface area contributed by atoms with Crippen molar-refractivity contribution < 1.29 is 19.0 Å². The number of nitrogens with zero attached hydrogens (tertiary/aromatic N) is 1. The summed E-state index contributed by atoms with van der Waals surface area (Å²) >= 11 is 1.76. The van der Waals surface area contributed by atoms with Gasteiger partial charge in [0.1, 0.15) is 12.0 Å². The fraction of sp³-hybridized carbons (Fsp3) is 0.316. The van der Waals surface area contributed by atoms with Crippen LogP contribution in [0.2, 0.25) is 0 Å². The number of fused-ring (bicyclic) bond motifs is 1. The number of hydrogen-bond donors (Lipinski definition) is 0. The Hall–Kier alpha value is -2.18. The molecule has 2 aliphatic heterocycles. The minimum Gasteiger partial charge on any atom is -0.454 e. The lowest BCUT2D eigenvalue weighted by atomic mass is 10.2. The highest BCUT2D eigenvalue weighted by atomic mass is 32.2. The number of rotatable bonds is 5. The lowest BCUT2D eigenvalue weighted by molar-refractivity contribution is -0.136. The number of ether oxygens (including phenoxy) is 3. The normalized spacial score (nSPS) is 18.6. The van der Waals surface area contributed by atoms with Crippen LogP contribution < -0.4 is 9.47 Å². The standard InChI is InChI=1S/C19H19NO4S/c21-18(12-22-11-14-4-2-1-3-5-14)20-8-9-25-19(20)15-6-7-16-17(10-15)24-13-23-16/h1-7,10,19H,8-9,11-13H2. The molecule has 5 nitrogen and oxygen atoms in total. The summed E-state index contributed by atoms with van der Waals surface area (Å²) < 4.78 is 16.4. The summed E-state index contributed by atoms with van der Waals surface area (Å²) in [6.45, 7) is 1.53. The Labute approximate surface area is 150 Å². The fourth-order valence-electron chi connectivity index (χ4n) is 2.98. The van der Waals surface area contributed by atoms with E-state index < -0.39 is 0 Å². The summed E-state index contributed by atoms with van der Waals surface area (Å²) in [7, 11) is 0. The molecule has 1 saturated heterocycles. The van der Waals surface area contributed by atoms with E-state index in [0.717, 1.165) is 34.9 Å². The van der Waals surface area contributed by atoms with Crippen LogP contribution >= 0.6 is 11.8 Å². The molecule has 0 radical (unpaired) electrons. The van der Waals surface area contributed by atoms with Gasteiger partial charge in [-0.3, -0.25) is 4.79 Å². The van der Waals surface area contributed by atoms with Gasteiger partial charge in [0.15, 0.2) is 11.5 Å². The molecule has 130 valence electrons. The lowest BCUT2D eigenvalue weighted by Crippen LogP contribution is -2.33. The maximum atomic E-state index is 12.6. The van der Waals surface area contributed by atoms with Crippen molar-refractivity contribution in [2.75, 3.05) is 25.7 Å². The smallest absolute Gasteiger partial charge is 0.249 e.